The Morgan fingerprint density at radius 3 is 3.00 bits per heavy atom. The van der Waals surface area contributed by atoms with Gasteiger partial charge in [0.2, 0.25) is 0 Å². The predicted molar refractivity (Wildman–Crippen MR) is 75.8 cm³/mol. The Labute approximate surface area is 124 Å². The highest BCUT2D eigenvalue weighted by Crippen LogP contribution is 2.24. The Hall–Kier alpha value is -2.29. The second kappa shape index (κ2) is 5.24. The van der Waals surface area contributed by atoms with Gasteiger partial charge in [-0.15, -0.1) is 11.3 Å². The van der Waals surface area contributed by atoms with Gasteiger partial charge in [-0.05, 0) is 11.4 Å². The Morgan fingerprint density at radius 1 is 1.43 bits per heavy atom. The number of fused-ring (bicyclic) bond motifs is 1. The largest absolute Gasteiger partial charge is 0.478 e. The zero-order chi connectivity index (χ0) is 15.0. The van der Waals surface area contributed by atoms with E-state index in [1.165, 1.54) is 17.4 Å². The van der Waals surface area contributed by atoms with E-state index in [-0.39, 0.29) is 23.7 Å². The summed E-state index contributed by atoms with van der Waals surface area (Å²) in [5.41, 5.74) is 0.0877. The maximum Gasteiger partial charge on any atom is 0.338 e. The van der Waals surface area contributed by atoms with Crippen molar-refractivity contribution in [2.75, 3.05) is 31.5 Å². The fourth-order valence-electron chi connectivity index (χ4n) is 2.54. The lowest BCUT2D eigenvalue weighted by molar-refractivity contribution is 0.0698. The van der Waals surface area contributed by atoms with Crippen molar-refractivity contribution < 1.29 is 19.5 Å². The fourth-order valence-corrected chi connectivity index (χ4v) is 3.31. The highest BCUT2D eigenvalue weighted by atomic mass is 32.1. The molecule has 1 aromatic rings. The predicted octanol–water partition coefficient (Wildman–Crippen LogP) is 0.688. The number of anilines is 1. The van der Waals surface area contributed by atoms with Crippen molar-refractivity contribution in [1.82, 2.24) is 15.1 Å². The number of amides is 4. The van der Waals surface area contributed by atoms with E-state index in [2.05, 4.69) is 10.6 Å². The topological polar surface area (TPSA) is 102 Å². The molecule has 2 saturated heterocycles. The van der Waals surface area contributed by atoms with Crippen LogP contribution < -0.4 is 10.6 Å². The molecule has 9 heteroatoms. The van der Waals surface area contributed by atoms with Gasteiger partial charge < -0.3 is 20.2 Å². The summed E-state index contributed by atoms with van der Waals surface area (Å²) in [7, 11) is 0. The molecule has 3 heterocycles. The molecule has 0 bridgehead atoms. The maximum atomic E-state index is 12.2. The van der Waals surface area contributed by atoms with Crippen molar-refractivity contribution in [2.45, 2.75) is 6.04 Å². The molecule has 3 rings (SSSR count). The Bertz CT molecular complexity index is 602. The average molecular weight is 310 g/mol. The standard InChI is InChI=1S/C12H14N4O4S/c17-10(18)8-1-4-21-9(8)14-12(20)15-2-3-16-7(6-15)5-13-11(16)19/h1,4,7H,2-3,5-6H2,(H,13,19)(H,14,20)(H,17,18). The molecule has 0 aromatic carbocycles. The molecule has 0 aliphatic carbocycles. The van der Waals surface area contributed by atoms with Gasteiger partial charge in [0.05, 0.1) is 11.6 Å². The third-order valence-electron chi connectivity index (χ3n) is 3.64. The summed E-state index contributed by atoms with van der Waals surface area (Å²) < 4.78 is 0. The molecule has 0 saturated carbocycles. The first-order valence-corrected chi connectivity index (χ1v) is 7.35. The number of nitrogens with zero attached hydrogens (tertiary/aromatic N) is 2. The minimum Gasteiger partial charge on any atom is -0.478 e. The number of piperazine rings is 1. The van der Waals surface area contributed by atoms with Crippen LogP contribution in [0.15, 0.2) is 11.4 Å². The van der Waals surface area contributed by atoms with Gasteiger partial charge in [-0.25, -0.2) is 14.4 Å². The van der Waals surface area contributed by atoms with Crippen LogP contribution in [0.2, 0.25) is 0 Å². The van der Waals surface area contributed by atoms with Gasteiger partial charge in [-0.2, -0.15) is 0 Å². The molecule has 1 atom stereocenters. The lowest BCUT2D eigenvalue weighted by Crippen LogP contribution is -2.54. The Kier molecular flexibility index (Phi) is 3.42. The van der Waals surface area contributed by atoms with Crippen molar-refractivity contribution in [3.8, 4) is 0 Å². The van der Waals surface area contributed by atoms with E-state index >= 15 is 0 Å². The van der Waals surface area contributed by atoms with Crippen LogP contribution in [0.25, 0.3) is 0 Å². The van der Waals surface area contributed by atoms with E-state index in [1.54, 1.807) is 15.2 Å². The summed E-state index contributed by atoms with van der Waals surface area (Å²) in [5.74, 6) is -1.07. The fraction of sp³-hybridized carbons (Fsp3) is 0.417. The molecule has 0 radical (unpaired) electrons. The van der Waals surface area contributed by atoms with Crippen molar-refractivity contribution in [2.24, 2.45) is 0 Å². The highest BCUT2D eigenvalue weighted by molar-refractivity contribution is 7.14. The lowest BCUT2D eigenvalue weighted by atomic mass is 10.2. The van der Waals surface area contributed by atoms with E-state index in [1.807, 2.05) is 0 Å². The van der Waals surface area contributed by atoms with Crippen LogP contribution in [0.3, 0.4) is 0 Å². The molecule has 2 aliphatic heterocycles. The van der Waals surface area contributed by atoms with Gasteiger partial charge in [0, 0.05) is 26.2 Å². The minimum absolute atomic E-state index is 0.0146. The first kappa shape index (κ1) is 13.7. The number of hydrogen-bond acceptors (Lipinski definition) is 4. The summed E-state index contributed by atoms with van der Waals surface area (Å²) >= 11 is 1.17. The van der Waals surface area contributed by atoms with Crippen LogP contribution in [0, 0.1) is 0 Å². The summed E-state index contributed by atoms with van der Waals surface area (Å²) in [4.78, 5) is 38.0. The van der Waals surface area contributed by atoms with E-state index in [4.69, 9.17) is 5.11 Å². The molecule has 1 unspecified atom stereocenters. The van der Waals surface area contributed by atoms with Gasteiger partial charge >= 0.3 is 18.0 Å². The average Bonchev–Trinajstić information content (AvgIpc) is 3.06. The van der Waals surface area contributed by atoms with Crippen molar-refractivity contribution >= 4 is 34.4 Å². The van der Waals surface area contributed by atoms with Gasteiger partial charge in [-0.3, -0.25) is 5.32 Å². The molecular weight excluding hydrogens is 296 g/mol. The van der Waals surface area contributed by atoms with Crippen LogP contribution in [0.1, 0.15) is 10.4 Å². The highest BCUT2D eigenvalue weighted by Gasteiger charge is 2.37. The first-order chi connectivity index (χ1) is 10.1. The van der Waals surface area contributed by atoms with Gasteiger partial charge in [0.25, 0.3) is 0 Å². The quantitative estimate of drug-likeness (QED) is 0.748. The second-order valence-electron chi connectivity index (χ2n) is 4.88. The summed E-state index contributed by atoms with van der Waals surface area (Å²) in [6.45, 7) is 1.89. The molecule has 8 nitrogen and oxygen atoms in total. The molecule has 4 amide bonds. The van der Waals surface area contributed by atoms with Crippen LogP contribution in [-0.2, 0) is 0 Å². The lowest BCUT2D eigenvalue weighted by Gasteiger charge is -2.36. The number of nitrogens with one attached hydrogen (secondary N) is 2. The number of carboxylic acid groups (broad SMARTS) is 1. The van der Waals surface area contributed by atoms with Crippen LogP contribution >= 0.6 is 11.3 Å². The smallest absolute Gasteiger partial charge is 0.338 e. The SMILES string of the molecule is O=C(O)c1ccsc1NC(=O)N1CCN2C(=O)NCC2C1. The summed E-state index contributed by atoms with van der Waals surface area (Å²) in [6, 6.07) is 1.02. The van der Waals surface area contributed by atoms with E-state index in [0.717, 1.165) is 0 Å². The normalized spacial score (nSPS) is 21.0. The van der Waals surface area contributed by atoms with Gasteiger partial charge in [-0.1, -0.05) is 0 Å². The second-order valence-corrected chi connectivity index (χ2v) is 5.79. The van der Waals surface area contributed by atoms with Crippen molar-refractivity contribution in [3.63, 3.8) is 0 Å². The zero-order valence-electron chi connectivity index (χ0n) is 11.0. The van der Waals surface area contributed by atoms with Crippen LogP contribution in [0.4, 0.5) is 14.6 Å². The molecule has 2 aliphatic rings. The van der Waals surface area contributed by atoms with Crippen LogP contribution in [0.5, 0.6) is 0 Å². The Morgan fingerprint density at radius 2 is 2.24 bits per heavy atom. The maximum absolute atomic E-state index is 12.2. The van der Waals surface area contributed by atoms with Gasteiger partial charge in [0.1, 0.15) is 5.00 Å². The number of rotatable bonds is 2. The number of carbonyl (C=O) groups is 3. The van der Waals surface area contributed by atoms with E-state index < -0.39 is 5.97 Å². The number of carboxylic acids is 1. The summed E-state index contributed by atoms with van der Waals surface area (Å²) in [6.07, 6.45) is 0. The van der Waals surface area contributed by atoms with Crippen LogP contribution in [-0.4, -0.2) is 65.2 Å². The number of thiophene rings is 1. The molecule has 21 heavy (non-hydrogen) atoms. The van der Waals surface area contributed by atoms with E-state index in [0.29, 0.717) is 31.2 Å². The summed E-state index contributed by atoms with van der Waals surface area (Å²) in [5, 5.41) is 16.3. The third-order valence-corrected chi connectivity index (χ3v) is 4.47. The minimum atomic E-state index is -1.07. The van der Waals surface area contributed by atoms with Crippen molar-refractivity contribution in [1.29, 1.82) is 0 Å². The van der Waals surface area contributed by atoms with Crippen molar-refractivity contribution in [3.05, 3.63) is 17.0 Å². The third kappa shape index (κ3) is 2.51. The monoisotopic (exact) mass is 310 g/mol. The molecule has 112 valence electrons. The molecule has 3 N–H and O–H groups in total. The first-order valence-electron chi connectivity index (χ1n) is 6.47. The number of hydrogen-bond donors (Lipinski definition) is 3. The molecule has 0 spiro atoms. The van der Waals surface area contributed by atoms with E-state index in [9.17, 15) is 14.4 Å². The molecule has 1 aromatic heterocycles. The Balaban J connectivity index is 1.65. The van der Waals surface area contributed by atoms with Gasteiger partial charge in [0.15, 0.2) is 0 Å². The number of carbonyl (C=O) groups excluding carboxylic acids is 2. The molecule has 2 fully saturated rings. The number of urea groups is 2. The zero-order valence-corrected chi connectivity index (χ0v) is 11.9. The number of aromatic carboxylic acids is 1. The molecular formula is C12H14N4O4S.